The van der Waals surface area contributed by atoms with Crippen molar-refractivity contribution >= 4 is 21.8 Å². The van der Waals surface area contributed by atoms with E-state index in [0.717, 1.165) is 16.6 Å². The van der Waals surface area contributed by atoms with Gasteiger partial charge in [-0.05, 0) is 30.3 Å². The average molecular weight is 359 g/mol. The summed E-state index contributed by atoms with van der Waals surface area (Å²) < 4.78 is 18.1. The monoisotopic (exact) mass is 359 g/mol. The van der Waals surface area contributed by atoms with Crippen LogP contribution in [0.1, 0.15) is 0 Å². The maximum absolute atomic E-state index is 14.7. The lowest BCUT2D eigenvalue weighted by Gasteiger charge is -2.05. The molecule has 0 spiro atoms. The predicted molar refractivity (Wildman–Crippen MR) is 101 cm³/mol. The van der Waals surface area contributed by atoms with Gasteiger partial charge in [0.2, 0.25) is 5.56 Å². The Hall–Kier alpha value is -3.74. The summed E-state index contributed by atoms with van der Waals surface area (Å²) in [6.45, 7) is 0. The van der Waals surface area contributed by atoms with Crippen molar-refractivity contribution in [2.75, 3.05) is 0 Å². The number of aryl methyl sites for hydroxylation is 1. The number of nitrogens with one attached hydrogen (secondary N) is 1. The standard InChI is InChI=1S/C20H14FN5O/c1-25-17-6-5-14(9-13(17)11-23-25)26-20-15(3-2-4-16(20)21)19(24-26)12-7-8-22-18(27)10-12/h2-11H,1H3,(H,22,27). The molecule has 0 atom stereocenters. The Morgan fingerprint density at radius 3 is 2.85 bits per heavy atom. The summed E-state index contributed by atoms with van der Waals surface area (Å²) in [6.07, 6.45) is 3.32. The Balaban J connectivity index is 1.82. The minimum Gasteiger partial charge on any atom is -0.329 e. The van der Waals surface area contributed by atoms with E-state index in [-0.39, 0.29) is 11.4 Å². The average Bonchev–Trinajstić information content (AvgIpc) is 3.24. The van der Waals surface area contributed by atoms with Crippen LogP contribution >= 0.6 is 0 Å². The number of halogens is 1. The number of fused-ring (bicyclic) bond motifs is 2. The molecule has 0 aliphatic heterocycles. The lowest BCUT2D eigenvalue weighted by Crippen LogP contribution is -2.02. The van der Waals surface area contributed by atoms with Crippen LogP contribution in [0.25, 0.3) is 38.8 Å². The molecule has 0 saturated carbocycles. The molecule has 3 heterocycles. The summed E-state index contributed by atoms with van der Waals surface area (Å²) in [5, 5.41) is 10.5. The zero-order valence-corrected chi connectivity index (χ0v) is 14.3. The van der Waals surface area contributed by atoms with E-state index in [1.165, 1.54) is 12.1 Å². The molecule has 0 aliphatic carbocycles. The van der Waals surface area contributed by atoms with Gasteiger partial charge in [-0.3, -0.25) is 9.48 Å². The fourth-order valence-corrected chi connectivity index (χ4v) is 3.40. The second kappa shape index (κ2) is 5.63. The number of pyridine rings is 1. The SMILES string of the molecule is Cn1ncc2cc(-n3nc(-c4cc[nH]c(=O)c4)c4cccc(F)c43)ccc21. The number of hydrogen-bond donors (Lipinski definition) is 1. The molecule has 7 heteroatoms. The van der Waals surface area contributed by atoms with Gasteiger partial charge in [-0.15, -0.1) is 0 Å². The third kappa shape index (κ3) is 2.36. The minimum absolute atomic E-state index is 0.233. The minimum atomic E-state index is -0.373. The molecule has 1 N–H and O–H groups in total. The molecule has 5 rings (SSSR count). The topological polar surface area (TPSA) is 68.5 Å². The summed E-state index contributed by atoms with van der Waals surface area (Å²) in [4.78, 5) is 14.3. The zero-order valence-electron chi connectivity index (χ0n) is 14.3. The number of H-pyrrole nitrogens is 1. The summed E-state index contributed by atoms with van der Waals surface area (Å²) in [5.41, 5.74) is 3.03. The zero-order chi connectivity index (χ0) is 18.5. The Morgan fingerprint density at radius 1 is 1.11 bits per heavy atom. The summed E-state index contributed by atoms with van der Waals surface area (Å²) >= 11 is 0. The van der Waals surface area contributed by atoms with Crippen LogP contribution in [-0.2, 0) is 7.05 Å². The van der Waals surface area contributed by atoms with Gasteiger partial charge in [-0.25, -0.2) is 9.07 Å². The molecular formula is C20H14FN5O. The van der Waals surface area contributed by atoms with Crippen molar-refractivity contribution in [1.29, 1.82) is 0 Å². The van der Waals surface area contributed by atoms with Gasteiger partial charge in [0.25, 0.3) is 0 Å². The van der Waals surface area contributed by atoms with Gasteiger partial charge >= 0.3 is 0 Å². The molecule has 0 bridgehead atoms. The quantitative estimate of drug-likeness (QED) is 0.525. The first-order chi connectivity index (χ1) is 13.1. The fourth-order valence-electron chi connectivity index (χ4n) is 3.40. The Bertz CT molecular complexity index is 1380. The molecule has 5 aromatic rings. The van der Waals surface area contributed by atoms with E-state index >= 15 is 0 Å². The van der Waals surface area contributed by atoms with Crippen LogP contribution in [0.5, 0.6) is 0 Å². The third-order valence-corrected chi connectivity index (χ3v) is 4.68. The predicted octanol–water partition coefficient (Wildman–Crippen LogP) is 3.41. The molecule has 0 radical (unpaired) electrons. The van der Waals surface area contributed by atoms with Gasteiger partial charge in [0.1, 0.15) is 17.0 Å². The van der Waals surface area contributed by atoms with Gasteiger partial charge < -0.3 is 4.98 Å². The number of nitrogens with zero attached hydrogens (tertiary/aromatic N) is 4. The Morgan fingerprint density at radius 2 is 2.00 bits per heavy atom. The fraction of sp³-hybridized carbons (Fsp3) is 0.0500. The summed E-state index contributed by atoms with van der Waals surface area (Å²) in [7, 11) is 1.87. The highest BCUT2D eigenvalue weighted by molar-refractivity contribution is 5.95. The van der Waals surface area contributed by atoms with Crippen molar-refractivity contribution < 1.29 is 4.39 Å². The molecule has 0 saturated heterocycles. The molecular weight excluding hydrogens is 345 g/mol. The third-order valence-electron chi connectivity index (χ3n) is 4.68. The van der Waals surface area contributed by atoms with Gasteiger partial charge in [-0.1, -0.05) is 12.1 Å². The maximum Gasteiger partial charge on any atom is 0.248 e. The number of hydrogen-bond acceptors (Lipinski definition) is 3. The van der Waals surface area contributed by atoms with Crippen molar-refractivity contribution in [3.63, 3.8) is 0 Å². The number of aromatic nitrogens is 5. The first-order valence-corrected chi connectivity index (χ1v) is 8.40. The normalized spacial score (nSPS) is 11.5. The van der Waals surface area contributed by atoms with Crippen LogP contribution in [0, 0.1) is 5.82 Å². The van der Waals surface area contributed by atoms with Crippen LogP contribution in [0.2, 0.25) is 0 Å². The first-order valence-electron chi connectivity index (χ1n) is 8.40. The number of para-hydroxylation sites is 1. The van der Waals surface area contributed by atoms with Crippen LogP contribution in [-0.4, -0.2) is 24.5 Å². The van der Waals surface area contributed by atoms with Crippen molar-refractivity contribution in [3.05, 3.63) is 77.1 Å². The smallest absolute Gasteiger partial charge is 0.248 e. The highest BCUT2D eigenvalue weighted by Crippen LogP contribution is 2.31. The second-order valence-corrected chi connectivity index (χ2v) is 6.35. The lowest BCUT2D eigenvalue weighted by atomic mass is 10.1. The molecule has 0 unspecified atom stereocenters. The maximum atomic E-state index is 14.7. The molecule has 132 valence electrons. The van der Waals surface area contributed by atoms with Gasteiger partial charge in [-0.2, -0.15) is 10.2 Å². The lowest BCUT2D eigenvalue weighted by molar-refractivity contribution is 0.632. The molecule has 0 amide bonds. The summed E-state index contributed by atoms with van der Waals surface area (Å²) in [6, 6.07) is 13.8. The van der Waals surface area contributed by atoms with Gasteiger partial charge in [0.05, 0.1) is 17.4 Å². The van der Waals surface area contributed by atoms with Crippen LogP contribution in [0.15, 0.2) is 65.7 Å². The highest BCUT2D eigenvalue weighted by Gasteiger charge is 2.17. The molecule has 3 aromatic heterocycles. The molecule has 0 aliphatic rings. The molecule has 6 nitrogen and oxygen atoms in total. The van der Waals surface area contributed by atoms with Crippen molar-refractivity contribution in [2.24, 2.45) is 7.05 Å². The van der Waals surface area contributed by atoms with Crippen molar-refractivity contribution in [1.82, 2.24) is 24.5 Å². The van der Waals surface area contributed by atoms with Crippen molar-refractivity contribution in [3.8, 4) is 16.9 Å². The van der Waals surface area contributed by atoms with E-state index in [4.69, 9.17) is 0 Å². The highest BCUT2D eigenvalue weighted by atomic mass is 19.1. The van der Waals surface area contributed by atoms with Crippen LogP contribution in [0.3, 0.4) is 0 Å². The second-order valence-electron chi connectivity index (χ2n) is 6.35. The van der Waals surface area contributed by atoms with Crippen LogP contribution in [0.4, 0.5) is 4.39 Å². The van der Waals surface area contributed by atoms with Crippen LogP contribution < -0.4 is 5.56 Å². The van der Waals surface area contributed by atoms with E-state index in [2.05, 4.69) is 15.2 Å². The van der Waals surface area contributed by atoms with E-state index in [0.29, 0.717) is 22.2 Å². The van der Waals surface area contributed by atoms with Crippen molar-refractivity contribution in [2.45, 2.75) is 0 Å². The Labute approximate surface area is 152 Å². The number of rotatable bonds is 2. The van der Waals surface area contributed by atoms with E-state index < -0.39 is 0 Å². The molecule has 27 heavy (non-hydrogen) atoms. The van der Waals surface area contributed by atoms with E-state index in [9.17, 15) is 9.18 Å². The molecule has 0 fully saturated rings. The van der Waals surface area contributed by atoms with E-state index in [1.54, 1.807) is 40.0 Å². The number of aromatic amines is 1. The van der Waals surface area contributed by atoms with Gasteiger partial charge in [0, 0.05) is 35.6 Å². The summed E-state index contributed by atoms with van der Waals surface area (Å²) in [5.74, 6) is -0.373. The van der Waals surface area contributed by atoms with Gasteiger partial charge in [0.15, 0.2) is 0 Å². The van der Waals surface area contributed by atoms with E-state index in [1.807, 2.05) is 25.2 Å². The molecule has 2 aromatic carbocycles. The number of benzene rings is 2. The first kappa shape index (κ1) is 15.5. The largest absolute Gasteiger partial charge is 0.329 e. The Kier molecular flexibility index (Phi) is 3.24.